The first-order valence-electron chi connectivity index (χ1n) is 7.89. The summed E-state index contributed by atoms with van der Waals surface area (Å²) in [7, 11) is 1.86. The van der Waals surface area contributed by atoms with Crippen molar-refractivity contribution in [2.24, 2.45) is 5.92 Å². The molecule has 21 heavy (non-hydrogen) atoms. The monoisotopic (exact) mass is 292 g/mol. The van der Waals surface area contributed by atoms with E-state index in [0.29, 0.717) is 5.92 Å². The molecule has 0 aromatic carbocycles. The zero-order valence-corrected chi connectivity index (χ0v) is 13.6. The van der Waals surface area contributed by atoms with Crippen LogP contribution in [-0.2, 0) is 5.41 Å². The number of hydrogen-bond donors (Lipinski definition) is 3. The molecule has 0 radical (unpaired) electrons. The Labute approximate surface area is 127 Å². The number of anilines is 2. The largest absolute Gasteiger partial charge is 0.393 e. The molecule has 1 saturated carbocycles. The topological polar surface area (TPSA) is 70.1 Å². The summed E-state index contributed by atoms with van der Waals surface area (Å²) >= 11 is 0. The average Bonchev–Trinajstić information content (AvgIpc) is 2.45. The van der Waals surface area contributed by atoms with Gasteiger partial charge in [-0.25, -0.2) is 9.97 Å². The van der Waals surface area contributed by atoms with E-state index in [9.17, 15) is 5.11 Å². The second-order valence-electron chi connectivity index (χ2n) is 6.95. The highest BCUT2D eigenvalue weighted by Gasteiger charge is 2.23. The highest BCUT2D eigenvalue weighted by Crippen LogP contribution is 2.26. The fourth-order valence-corrected chi connectivity index (χ4v) is 2.66. The van der Waals surface area contributed by atoms with E-state index in [1.54, 1.807) is 0 Å². The quantitative estimate of drug-likeness (QED) is 0.796. The van der Waals surface area contributed by atoms with Crippen molar-refractivity contribution < 1.29 is 5.11 Å². The van der Waals surface area contributed by atoms with Gasteiger partial charge >= 0.3 is 0 Å². The van der Waals surface area contributed by atoms with Crippen LogP contribution in [-0.4, -0.2) is 34.8 Å². The second-order valence-corrected chi connectivity index (χ2v) is 6.95. The molecular formula is C16H28N4O. The van der Waals surface area contributed by atoms with Crippen molar-refractivity contribution in [1.82, 2.24) is 9.97 Å². The summed E-state index contributed by atoms with van der Waals surface area (Å²) in [5.74, 6) is 2.80. The Hall–Kier alpha value is -1.36. The number of aliphatic hydroxyl groups excluding tert-OH is 1. The lowest BCUT2D eigenvalue weighted by atomic mass is 9.86. The van der Waals surface area contributed by atoms with Gasteiger partial charge in [0.2, 0.25) is 0 Å². The van der Waals surface area contributed by atoms with Gasteiger partial charge in [0.05, 0.1) is 6.10 Å². The first-order valence-corrected chi connectivity index (χ1v) is 7.89. The maximum atomic E-state index is 10.0. The summed E-state index contributed by atoms with van der Waals surface area (Å²) < 4.78 is 0. The zero-order chi connectivity index (χ0) is 15.5. The third-order valence-corrected chi connectivity index (χ3v) is 4.07. The van der Waals surface area contributed by atoms with Crippen molar-refractivity contribution in [3.05, 3.63) is 11.9 Å². The van der Waals surface area contributed by atoms with E-state index >= 15 is 0 Å². The summed E-state index contributed by atoms with van der Waals surface area (Å²) in [6.07, 6.45) is 4.18. The van der Waals surface area contributed by atoms with Crippen molar-refractivity contribution in [1.29, 1.82) is 0 Å². The third-order valence-electron chi connectivity index (χ3n) is 4.07. The molecule has 1 heterocycles. The van der Waals surface area contributed by atoms with Gasteiger partial charge in [-0.3, -0.25) is 0 Å². The number of nitrogens with zero attached hydrogens (tertiary/aromatic N) is 2. The number of aliphatic hydroxyl groups is 1. The van der Waals surface area contributed by atoms with Gasteiger partial charge in [0.25, 0.3) is 0 Å². The van der Waals surface area contributed by atoms with Gasteiger partial charge in [0.15, 0.2) is 0 Å². The predicted octanol–water partition coefficient (Wildman–Crippen LogP) is 2.78. The Bertz CT molecular complexity index is 470. The van der Waals surface area contributed by atoms with Crippen molar-refractivity contribution >= 4 is 11.6 Å². The second kappa shape index (κ2) is 6.60. The molecule has 5 heteroatoms. The van der Waals surface area contributed by atoms with Crippen LogP contribution in [0.4, 0.5) is 11.6 Å². The number of nitrogens with one attached hydrogen (secondary N) is 2. The highest BCUT2D eigenvalue weighted by molar-refractivity contribution is 5.47. The molecule has 0 bridgehead atoms. The molecule has 2 rings (SSSR count). The van der Waals surface area contributed by atoms with E-state index in [1.165, 1.54) is 6.42 Å². The van der Waals surface area contributed by atoms with Gasteiger partial charge in [-0.15, -0.1) is 0 Å². The van der Waals surface area contributed by atoms with Crippen LogP contribution in [0.1, 0.15) is 52.3 Å². The molecule has 1 aliphatic carbocycles. The molecule has 0 aliphatic heterocycles. The van der Waals surface area contributed by atoms with Crippen LogP contribution in [0.2, 0.25) is 0 Å². The van der Waals surface area contributed by atoms with Crippen molar-refractivity contribution in [2.45, 2.75) is 58.0 Å². The summed E-state index contributed by atoms with van der Waals surface area (Å²) in [6.45, 7) is 7.09. The summed E-state index contributed by atoms with van der Waals surface area (Å²) in [4.78, 5) is 9.14. The van der Waals surface area contributed by atoms with Crippen LogP contribution in [0.15, 0.2) is 6.07 Å². The Morgan fingerprint density at radius 2 is 1.86 bits per heavy atom. The fraction of sp³-hybridized carbons (Fsp3) is 0.750. The maximum absolute atomic E-state index is 10.0. The van der Waals surface area contributed by atoms with E-state index in [-0.39, 0.29) is 11.5 Å². The fourth-order valence-electron chi connectivity index (χ4n) is 2.66. The van der Waals surface area contributed by atoms with E-state index < -0.39 is 0 Å². The Morgan fingerprint density at radius 1 is 1.19 bits per heavy atom. The first-order chi connectivity index (χ1) is 9.90. The van der Waals surface area contributed by atoms with Gasteiger partial charge < -0.3 is 15.7 Å². The molecule has 1 aromatic rings. The molecule has 1 aliphatic rings. The minimum absolute atomic E-state index is 0.0896. The molecule has 0 spiro atoms. The van der Waals surface area contributed by atoms with E-state index in [2.05, 4.69) is 41.4 Å². The third kappa shape index (κ3) is 4.30. The normalized spacial score (nSPS) is 22.9. The SMILES string of the molecule is CNc1cc(NCC2CCCCC2O)nc(C(C)(C)C)n1. The maximum Gasteiger partial charge on any atom is 0.138 e. The molecule has 1 aromatic heterocycles. The van der Waals surface area contributed by atoms with Gasteiger partial charge in [-0.05, 0) is 12.8 Å². The predicted molar refractivity (Wildman–Crippen MR) is 86.7 cm³/mol. The standard InChI is InChI=1S/C16H28N4O/c1-16(2,3)15-19-13(17-4)9-14(20-15)18-10-11-7-5-6-8-12(11)21/h9,11-12,21H,5-8,10H2,1-4H3,(H2,17,18,19,20). The Morgan fingerprint density at radius 3 is 2.48 bits per heavy atom. The molecule has 118 valence electrons. The highest BCUT2D eigenvalue weighted by atomic mass is 16.3. The first kappa shape index (κ1) is 16.0. The molecule has 5 nitrogen and oxygen atoms in total. The molecule has 2 atom stereocenters. The number of hydrogen-bond acceptors (Lipinski definition) is 5. The van der Waals surface area contributed by atoms with Crippen molar-refractivity contribution in [2.75, 3.05) is 24.2 Å². The van der Waals surface area contributed by atoms with Crippen LogP contribution in [0.25, 0.3) is 0 Å². The molecule has 1 fully saturated rings. The lowest BCUT2D eigenvalue weighted by Gasteiger charge is -2.28. The van der Waals surface area contributed by atoms with E-state index in [4.69, 9.17) is 0 Å². The lowest BCUT2D eigenvalue weighted by Crippen LogP contribution is -2.30. The smallest absolute Gasteiger partial charge is 0.138 e. The van der Waals surface area contributed by atoms with Crippen molar-refractivity contribution in [3.63, 3.8) is 0 Å². The summed E-state index contributed by atoms with van der Waals surface area (Å²) in [5.41, 5.74) is -0.0896. The Kier molecular flexibility index (Phi) is 5.04. The van der Waals surface area contributed by atoms with Crippen LogP contribution < -0.4 is 10.6 Å². The van der Waals surface area contributed by atoms with Gasteiger partial charge in [0.1, 0.15) is 17.5 Å². The van der Waals surface area contributed by atoms with E-state index in [1.807, 2.05) is 13.1 Å². The average molecular weight is 292 g/mol. The lowest BCUT2D eigenvalue weighted by molar-refractivity contribution is 0.0763. The van der Waals surface area contributed by atoms with Crippen LogP contribution in [0.3, 0.4) is 0 Å². The molecular weight excluding hydrogens is 264 g/mol. The van der Waals surface area contributed by atoms with Crippen LogP contribution in [0, 0.1) is 5.92 Å². The van der Waals surface area contributed by atoms with Crippen LogP contribution >= 0.6 is 0 Å². The molecule has 2 unspecified atom stereocenters. The summed E-state index contributed by atoms with van der Waals surface area (Å²) in [6, 6.07) is 1.92. The van der Waals surface area contributed by atoms with E-state index in [0.717, 1.165) is 43.3 Å². The zero-order valence-electron chi connectivity index (χ0n) is 13.6. The van der Waals surface area contributed by atoms with Gasteiger partial charge in [-0.2, -0.15) is 0 Å². The minimum atomic E-state index is -0.182. The van der Waals surface area contributed by atoms with Crippen molar-refractivity contribution in [3.8, 4) is 0 Å². The number of rotatable bonds is 4. The number of aromatic nitrogens is 2. The van der Waals surface area contributed by atoms with Gasteiger partial charge in [0, 0.05) is 31.0 Å². The molecule has 0 saturated heterocycles. The minimum Gasteiger partial charge on any atom is -0.393 e. The molecule has 3 N–H and O–H groups in total. The molecule has 0 amide bonds. The van der Waals surface area contributed by atoms with Gasteiger partial charge in [-0.1, -0.05) is 33.6 Å². The Balaban J connectivity index is 2.08. The summed E-state index contributed by atoms with van der Waals surface area (Å²) in [5, 5.41) is 16.5. The van der Waals surface area contributed by atoms with Crippen LogP contribution in [0.5, 0.6) is 0 Å².